The highest BCUT2D eigenvalue weighted by atomic mass is 127. The number of phenols is 1. The van der Waals surface area contributed by atoms with Crippen molar-refractivity contribution in [2.75, 3.05) is 0 Å². The van der Waals surface area contributed by atoms with Crippen LogP contribution in [0.25, 0.3) is 0 Å². The summed E-state index contributed by atoms with van der Waals surface area (Å²) in [4.78, 5) is 23.5. The van der Waals surface area contributed by atoms with E-state index in [2.05, 4.69) is 50.5 Å². The van der Waals surface area contributed by atoms with Crippen LogP contribution < -0.4 is 10.1 Å². The molecule has 0 aliphatic carbocycles. The lowest BCUT2D eigenvalue weighted by Gasteiger charge is -2.22. The molecule has 0 radical (unpaired) electrons. The van der Waals surface area contributed by atoms with Crippen molar-refractivity contribution in [3.8, 4) is 17.2 Å². The lowest BCUT2D eigenvalue weighted by molar-refractivity contribution is -0.139. The molecule has 156 valence electrons. The number of hydrogen-bond acceptors (Lipinski definition) is 5. The third-order valence-electron chi connectivity index (χ3n) is 3.54. The standard InChI is InChI=1S/C20H21I2NO6/c1-20(2,3)29-19(27)23-16(18(25)26)10-11-8-14(21)17(15(22)9-11)28-13-6-4-12(24)5-7-13/h4-9,16,24H,10H2,1-3H3,(H,23,27)(H,25,26)/t16-/m0/s1. The first-order valence-electron chi connectivity index (χ1n) is 8.62. The summed E-state index contributed by atoms with van der Waals surface area (Å²) in [6.07, 6.45) is -0.679. The minimum Gasteiger partial charge on any atom is -0.508 e. The van der Waals surface area contributed by atoms with Crippen LogP contribution in [-0.2, 0) is 16.0 Å². The van der Waals surface area contributed by atoms with Gasteiger partial charge >= 0.3 is 12.1 Å². The molecule has 9 heteroatoms. The number of carboxylic acids is 1. The number of alkyl carbamates (subject to hydrolysis) is 1. The number of aliphatic carboxylic acids is 1. The summed E-state index contributed by atoms with van der Waals surface area (Å²) in [6.45, 7) is 5.12. The van der Waals surface area contributed by atoms with Gasteiger partial charge in [0.15, 0.2) is 5.75 Å². The Kier molecular flexibility index (Phi) is 7.97. The topological polar surface area (TPSA) is 105 Å². The lowest BCUT2D eigenvalue weighted by atomic mass is 10.1. The first kappa shape index (κ1) is 23.5. The third kappa shape index (κ3) is 7.53. The predicted molar refractivity (Wildman–Crippen MR) is 125 cm³/mol. The van der Waals surface area contributed by atoms with E-state index in [-0.39, 0.29) is 12.2 Å². The molecule has 0 aromatic heterocycles. The maximum atomic E-state index is 11.9. The maximum Gasteiger partial charge on any atom is 0.408 e. The van der Waals surface area contributed by atoms with E-state index in [1.165, 1.54) is 12.1 Å². The summed E-state index contributed by atoms with van der Waals surface area (Å²) in [6, 6.07) is 8.87. The van der Waals surface area contributed by atoms with Crippen molar-refractivity contribution in [3.05, 3.63) is 49.1 Å². The van der Waals surface area contributed by atoms with Gasteiger partial charge in [0.05, 0.1) is 7.14 Å². The molecule has 0 saturated heterocycles. The van der Waals surface area contributed by atoms with Crippen LogP contribution >= 0.6 is 45.2 Å². The number of amides is 1. The summed E-state index contributed by atoms with van der Waals surface area (Å²) in [5.41, 5.74) is 0.0192. The normalized spacial score (nSPS) is 12.2. The van der Waals surface area contributed by atoms with E-state index in [1.807, 2.05) is 12.1 Å². The van der Waals surface area contributed by atoms with Gasteiger partial charge in [-0.3, -0.25) is 0 Å². The molecule has 0 heterocycles. The zero-order chi connectivity index (χ0) is 21.8. The van der Waals surface area contributed by atoms with Gasteiger partial charge in [0.25, 0.3) is 0 Å². The van der Waals surface area contributed by atoms with Crippen LogP contribution in [-0.4, -0.2) is 33.9 Å². The molecule has 1 atom stereocenters. The number of hydrogen-bond donors (Lipinski definition) is 3. The second-order valence-corrected chi connectivity index (χ2v) is 9.55. The molecule has 7 nitrogen and oxygen atoms in total. The number of carbonyl (C=O) groups excluding carboxylic acids is 1. The molecule has 0 aliphatic rings. The number of halogens is 2. The average molecular weight is 625 g/mol. The molecule has 0 aliphatic heterocycles. The number of carboxylic acid groups (broad SMARTS) is 1. The molecule has 0 fully saturated rings. The van der Waals surface area contributed by atoms with Gasteiger partial charge in [-0.2, -0.15) is 0 Å². The van der Waals surface area contributed by atoms with E-state index < -0.39 is 23.7 Å². The Hall–Kier alpha value is -1.76. The Morgan fingerprint density at radius 2 is 1.66 bits per heavy atom. The van der Waals surface area contributed by atoms with Crippen molar-refractivity contribution in [1.29, 1.82) is 0 Å². The lowest BCUT2D eigenvalue weighted by Crippen LogP contribution is -2.44. The van der Waals surface area contributed by atoms with E-state index in [0.29, 0.717) is 11.5 Å². The predicted octanol–water partition coefficient (Wildman–Crippen LogP) is 4.91. The number of rotatable bonds is 6. The van der Waals surface area contributed by atoms with Gasteiger partial charge in [0.1, 0.15) is 23.1 Å². The Bertz CT molecular complexity index is 870. The second kappa shape index (κ2) is 9.83. The monoisotopic (exact) mass is 625 g/mol. The highest BCUT2D eigenvalue weighted by Gasteiger charge is 2.25. The van der Waals surface area contributed by atoms with Gasteiger partial charge in [-0.1, -0.05) is 0 Å². The summed E-state index contributed by atoms with van der Waals surface area (Å²) >= 11 is 4.23. The van der Waals surface area contributed by atoms with Crippen LogP contribution in [0.4, 0.5) is 4.79 Å². The first-order valence-corrected chi connectivity index (χ1v) is 10.8. The summed E-state index contributed by atoms with van der Waals surface area (Å²) in [5.74, 6) is 0.202. The quantitative estimate of drug-likeness (QED) is 0.395. The van der Waals surface area contributed by atoms with Crippen molar-refractivity contribution >= 4 is 57.2 Å². The summed E-state index contributed by atoms with van der Waals surface area (Å²) in [7, 11) is 0. The van der Waals surface area contributed by atoms with Crippen LogP contribution in [0.15, 0.2) is 36.4 Å². The Balaban J connectivity index is 2.16. The number of phenolic OH excluding ortho intramolecular Hbond substituents is 1. The SMILES string of the molecule is CC(C)(C)OC(=O)N[C@@H](Cc1cc(I)c(Oc2ccc(O)cc2)c(I)c1)C(=O)O. The Morgan fingerprint density at radius 3 is 2.14 bits per heavy atom. The number of aromatic hydroxyl groups is 1. The van der Waals surface area contributed by atoms with Crippen LogP contribution in [0.3, 0.4) is 0 Å². The van der Waals surface area contributed by atoms with Crippen molar-refractivity contribution in [2.24, 2.45) is 0 Å². The number of benzene rings is 2. The zero-order valence-corrected chi connectivity index (χ0v) is 20.3. The smallest absolute Gasteiger partial charge is 0.408 e. The molecule has 0 bridgehead atoms. The Morgan fingerprint density at radius 1 is 1.10 bits per heavy atom. The average Bonchev–Trinajstić information content (AvgIpc) is 2.57. The van der Waals surface area contributed by atoms with Crippen LogP contribution in [0.2, 0.25) is 0 Å². The molecular weight excluding hydrogens is 604 g/mol. The molecule has 29 heavy (non-hydrogen) atoms. The fourth-order valence-corrected chi connectivity index (χ4v) is 4.46. The molecule has 1 amide bonds. The van der Waals surface area contributed by atoms with E-state index in [9.17, 15) is 19.8 Å². The molecule has 2 rings (SSSR count). The molecule has 3 N–H and O–H groups in total. The maximum absolute atomic E-state index is 11.9. The van der Waals surface area contributed by atoms with Gasteiger partial charge in [0, 0.05) is 6.42 Å². The highest BCUT2D eigenvalue weighted by Crippen LogP contribution is 2.33. The Labute approximate surface area is 196 Å². The van der Waals surface area contributed by atoms with Gasteiger partial charge < -0.3 is 25.0 Å². The van der Waals surface area contributed by atoms with E-state index in [0.717, 1.165) is 12.7 Å². The second-order valence-electron chi connectivity index (χ2n) is 7.23. The first-order chi connectivity index (χ1) is 13.4. The summed E-state index contributed by atoms with van der Waals surface area (Å²) in [5, 5.41) is 21.2. The molecule has 2 aromatic rings. The van der Waals surface area contributed by atoms with Gasteiger partial charge in [-0.05, 0) is 108 Å². The van der Waals surface area contributed by atoms with Gasteiger partial charge in [-0.25, -0.2) is 9.59 Å². The number of ether oxygens (including phenoxy) is 2. The highest BCUT2D eigenvalue weighted by molar-refractivity contribution is 14.1. The van der Waals surface area contributed by atoms with Crippen molar-refractivity contribution < 1.29 is 29.3 Å². The fourth-order valence-electron chi connectivity index (χ4n) is 2.35. The number of nitrogens with one attached hydrogen (secondary N) is 1. The minimum absolute atomic E-state index is 0.0973. The van der Waals surface area contributed by atoms with Crippen LogP contribution in [0.1, 0.15) is 26.3 Å². The van der Waals surface area contributed by atoms with Crippen molar-refractivity contribution in [3.63, 3.8) is 0 Å². The molecule has 2 aromatic carbocycles. The van der Waals surface area contributed by atoms with Gasteiger partial charge in [-0.15, -0.1) is 0 Å². The molecule has 0 saturated carbocycles. The fraction of sp³-hybridized carbons (Fsp3) is 0.300. The molecular formula is C20H21I2NO6. The number of carbonyl (C=O) groups is 2. The van der Waals surface area contributed by atoms with Crippen molar-refractivity contribution in [2.45, 2.75) is 38.8 Å². The van der Waals surface area contributed by atoms with Crippen molar-refractivity contribution in [1.82, 2.24) is 5.32 Å². The van der Waals surface area contributed by atoms with E-state index in [4.69, 9.17) is 9.47 Å². The van der Waals surface area contributed by atoms with Crippen LogP contribution in [0.5, 0.6) is 17.2 Å². The zero-order valence-electron chi connectivity index (χ0n) is 16.0. The third-order valence-corrected chi connectivity index (χ3v) is 5.15. The van der Waals surface area contributed by atoms with E-state index >= 15 is 0 Å². The largest absolute Gasteiger partial charge is 0.508 e. The van der Waals surface area contributed by atoms with Gasteiger partial charge in [0.2, 0.25) is 0 Å². The molecule has 0 spiro atoms. The summed E-state index contributed by atoms with van der Waals surface area (Å²) < 4.78 is 12.6. The van der Waals surface area contributed by atoms with E-state index in [1.54, 1.807) is 32.9 Å². The van der Waals surface area contributed by atoms with Crippen LogP contribution in [0, 0.1) is 7.14 Å². The minimum atomic E-state index is -1.15. The molecule has 0 unspecified atom stereocenters.